The van der Waals surface area contributed by atoms with Crippen LogP contribution in [0.2, 0.25) is 0 Å². The largest absolute Gasteiger partial charge is 0.364 e. The lowest BCUT2D eigenvalue weighted by atomic mass is 10.7. The highest BCUT2D eigenvalue weighted by Crippen LogP contribution is 2.51. The van der Waals surface area contributed by atoms with Crippen LogP contribution in [0.15, 0.2) is 8.47 Å². The van der Waals surface area contributed by atoms with Crippen molar-refractivity contribution in [2.24, 2.45) is 0 Å². The van der Waals surface area contributed by atoms with E-state index in [1.54, 1.807) is 23.5 Å². The molecule has 0 spiro atoms. The molecule has 1 nitrogen and oxygen atoms in total. The summed E-state index contributed by atoms with van der Waals surface area (Å²) in [7, 11) is 0. The Morgan fingerprint density at radius 3 is 2.83 bits per heavy atom. The van der Waals surface area contributed by atoms with Crippen LogP contribution in [-0.4, -0.2) is 22.4 Å². The van der Waals surface area contributed by atoms with Crippen LogP contribution >= 0.6 is 60.5 Å². The lowest BCUT2D eigenvalue weighted by Crippen LogP contribution is -2.29. The molecule has 0 N–H and O–H groups in total. The first-order chi connectivity index (χ1) is 5.77. The van der Waals surface area contributed by atoms with Crippen molar-refractivity contribution in [2.75, 3.05) is 12.4 Å². The first-order valence-electron chi connectivity index (χ1n) is 3.46. The van der Waals surface area contributed by atoms with Gasteiger partial charge in [-0.1, -0.05) is 23.5 Å². The van der Waals surface area contributed by atoms with E-state index in [4.69, 9.17) is 4.74 Å². The molecule has 0 bridgehead atoms. The van der Waals surface area contributed by atoms with Crippen LogP contribution < -0.4 is 0 Å². The van der Waals surface area contributed by atoms with Crippen molar-refractivity contribution in [3.63, 3.8) is 0 Å². The van der Waals surface area contributed by atoms with Crippen LogP contribution in [0.1, 0.15) is 0 Å². The van der Waals surface area contributed by atoms with E-state index in [1.807, 2.05) is 11.8 Å². The van der Waals surface area contributed by atoms with Gasteiger partial charge in [0.05, 0.1) is 19.7 Å². The molecular weight excluding hydrogens is 248 g/mol. The van der Waals surface area contributed by atoms with Crippen LogP contribution in [0.3, 0.4) is 0 Å². The highest BCUT2D eigenvalue weighted by molar-refractivity contribution is 8.29. The maximum absolute atomic E-state index is 5.60. The zero-order chi connectivity index (χ0) is 8.55. The number of thiol groups is 2. The molecule has 2 atom stereocenters. The molecule has 0 aromatic carbocycles. The van der Waals surface area contributed by atoms with E-state index in [0.717, 1.165) is 20.8 Å². The summed E-state index contributed by atoms with van der Waals surface area (Å²) in [6.07, 6.45) is 0. The van der Waals surface area contributed by atoms with Gasteiger partial charge in [0.1, 0.15) is 5.44 Å². The molecule has 2 aliphatic heterocycles. The van der Waals surface area contributed by atoms with Crippen molar-refractivity contribution in [1.29, 1.82) is 0 Å². The Morgan fingerprint density at radius 2 is 2.00 bits per heavy atom. The molecule has 0 aromatic rings. The molecule has 2 heterocycles. The average molecular weight is 256 g/mol. The van der Waals surface area contributed by atoms with Crippen molar-refractivity contribution in [3.05, 3.63) is 8.47 Å². The SMILES string of the molecule is SC1=C(S)SC2SCCOC2S1. The lowest BCUT2D eigenvalue weighted by molar-refractivity contribution is 0.131. The van der Waals surface area contributed by atoms with E-state index in [9.17, 15) is 0 Å². The first kappa shape index (κ1) is 9.98. The normalized spacial score (nSPS) is 36.5. The average Bonchev–Trinajstić information content (AvgIpc) is 2.07. The summed E-state index contributed by atoms with van der Waals surface area (Å²) >= 11 is 14.1. The molecule has 0 radical (unpaired) electrons. The molecule has 0 aliphatic carbocycles. The van der Waals surface area contributed by atoms with Crippen molar-refractivity contribution in [1.82, 2.24) is 0 Å². The molecular formula is C6H8OS5. The maximum Gasteiger partial charge on any atom is 0.129 e. The van der Waals surface area contributed by atoms with E-state index < -0.39 is 0 Å². The number of fused-ring (bicyclic) bond motifs is 1. The fraction of sp³-hybridized carbons (Fsp3) is 0.667. The minimum atomic E-state index is 0.275. The Balaban J connectivity index is 2.10. The molecule has 68 valence electrons. The van der Waals surface area contributed by atoms with Crippen molar-refractivity contribution in [2.45, 2.75) is 10.0 Å². The molecule has 12 heavy (non-hydrogen) atoms. The van der Waals surface area contributed by atoms with E-state index in [0.29, 0.717) is 4.58 Å². The predicted molar refractivity (Wildman–Crippen MR) is 66.2 cm³/mol. The van der Waals surface area contributed by atoms with Crippen molar-refractivity contribution >= 4 is 60.5 Å². The van der Waals surface area contributed by atoms with Gasteiger partial charge < -0.3 is 4.74 Å². The van der Waals surface area contributed by atoms with E-state index in [-0.39, 0.29) is 5.44 Å². The van der Waals surface area contributed by atoms with Gasteiger partial charge in [-0.05, 0) is 0 Å². The van der Waals surface area contributed by atoms with Gasteiger partial charge in [0.2, 0.25) is 0 Å². The predicted octanol–water partition coefficient (Wildman–Crippen LogP) is 2.87. The molecule has 6 heteroatoms. The summed E-state index contributed by atoms with van der Waals surface area (Å²) in [6, 6.07) is 0. The van der Waals surface area contributed by atoms with Gasteiger partial charge >= 0.3 is 0 Å². The zero-order valence-electron chi connectivity index (χ0n) is 6.10. The van der Waals surface area contributed by atoms with Crippen LogP contribution in [0.5, 0.6) is 0 Å². The maximum atomic E-state index is 5.60. The van der Waals surface area contributed by atoms with E-state index >= 15 is 0 Å². The molecule has 2 unspecified atom stereocenters. The second-order valence-corrected chi connectivity index (χ2v) is 7.63. The molecule has 0 amide bonds. The van der Waals surface area contributed by atoms with Gasteiger partial charge in [-0.15, -0.1) is 37.0 Å². The van der Waals surface area contributed by atoms with Crippen molar-refractivity contribution in [3.8, 4) is 0 Å². The van der Waals surface area contributed by atoms with Gasteiger partial charge in [-0.2, -0.15) is 0 Å². The van der Waals surface area contributed by atoms with Crippen LogP contribution in [0, 0.1) is 0 Å². The minimum Gasteiger partial charge on any atom is -0.364 e. The third-order valence-electron chi connectivity index (χ3n) is 1.51. The Kier molecular flexibility index (Phi) is 3.59. The quantitative estimate of drug-likeness (QED) is 0.645. The third kappa shape index (κ3) is 2.09. The Labute approximate surface area is 95.7 Å². The van der Waals surface area contributed by atoms with Gasteiger partial charge in [0, 0.05) is 5.75 Å². The second-order valence-electron chi connectivity index (χ2n) is 2.32. The van der Waals surface area contributed by atoms with Crippen molar-refractivity contribution < 1.29 is 4.74 Å². The molecule has 2 rings (SSSR count). The first-order valence-corrected chi connectivity index (χ1v) is 7.16. The molecule has 0 aromatic heterocycles. The van der Waals surface area contributed by atoms with Gasteiger partial charge in [-0.3, -0.25) is 0 Å². The highest BCUT2D eigenvalue weighted by Gasteiger charge is 2.33. The monoisotopic (exact) mass is 256 g/mol. The summed E-state index contributed by atoms with van der Waals surface area (Å²) in [5, 5.41) is 0. The highest BCUT2D eigenvalue weighted by atomic mass is 32.2. The molecule has 0 saturated carbocycles. The number of rotatable bonds is 0. The van der Waals surface area contributed by atoms with Crippen LogP contribution in [0.25, 0.3) is 0 Å². The fourth-order valence-electron chi connectivity index (χ4n) is 0.986. The summed E-state index contributed by atoms with van der Waals surface area (Å²) in [4.78, 5) is 0. The van der Waals surface area contributed by atoms with Gasteiger partial charge in [0.25, 0.3) is 0 Å². The number of hydrogen-bond acceptors (Lipinski definition) is 6. The Morgan fingerprint density at radius 1 is 1.25 bits per heavy atom. The smallest absolute Gasteiger partial charge is 0.129 e. The van der Waals surface area contributed by atoms with E-state index in [1.165, 1.54) is 0 Å². The molecule has 1 saturated heterocycles. The lowest BCUT2D eigenvalue weighted by Gasteiger charge is -2.33. The standard InChI is InChI=1S/C6H8OS5/c8-4-5(9)12-6-3(11-4)7-1-2-10-6/h3,6,8-9H,1-2H2. The third-order valence-corrected chi connectivity index (χ3v) is 7.19. The van der Waals surface area contributed by atoms with Crippen LogP contribution in [0.4, 0.5) is 0 Å². The Bertz CT molecular complexity index is 194. The van der Waals surface area contributed by atoms with E-state index in [2.05, 4.69) is 25.3 Å². The van der Waals surface area contributed by atoms with Gasteiger partial charge in [-0.25, -0.2) is 0 Å². The second kappa shape index (κ2) is 4.31. The number of hydrogen-bond donors (Lipinski definition) is 2. The summed E-state index contributed by atoms with van der Waals surface area (Å²) < 4.78 is 8.13. The topological polar surface area (TPSA) is 9.23 Å². The number of ether oxygens (including phenoxy) is 1. The number of thioether (sulfide) groups is 3. The minimum absolute atomic E-state index is 0.275. The van der Waals surface area contributed by atoms with Crippen LogP contribution in [-0.2, 0) is 4.74 Å². The fourth-order valence-corrected chi connectivity index (χ4v) is 5.81. The Hall–Kier alpha value is 1.45. The summed E-state index contributed by atoms with van der Waals surface area (Å²) in [6.45, 7) is 0.863. The molecule has 1 fully saturated rings. The molecule has 2 aliphatic rings. The summed E-state index contributed by atoms with van der Waals surface area (Å²) in [5.74, 6) is 1.09. The van der Waals surface area contributed by atoms with Gasteiger partial charge in [0.15, 0.2) is 0 Å². The summed E-state index contributed by atoms with van der Waals surface area (Å²) in [5.41, 5.74) is 0.275. The zero-order valence-corrected chi connectivity index (χ0v) is 10.3.